The van der Waals surface area contributed by atoms with E-state index in [1.807, 2.05) is 0 Å². The first kappa shape index (κ1) is 12.1. The molecule has 0 saturated carbocycles. The van der Waals surface area contributed by atoms with Crippen LogP contribution in [0.2, 0.25) is 0 Å². The number of carbonyl (C=O) groups is 2. The molecule has 1 amide bonds. The Morgan fingerprint density at radius 1 is 1.41 bits per heavy atom. The molecular weight excluding hydrogens is 286 g/mol. The van der Waals surface area contributed by atoms with Gasteiger partial charge in [0.25, 0.3) is 0 Å². The van der Waals surface area contributed by atoms with Gasteiger partial charge in [-0.15, -0.1) is 0 Å². The monoisotopic (exact) mass is 297 g/mol. The van der Waals surface area contributed by atoms with Gasteiger partial charge in [0.1, 0.15) is 0 Å². The molecule has 1 heterocycles. The molecule has 1 aromatic carbocycles. The Labute approximate surface area is 107 Å². The van der Waals surface area contributed by atoms with Crippen LogP contribution in [0.5, 0.6) is 0 Å². The van der Waals surface area contributed by atoms with Gasteiger partial charge in [-0.2, -0.15) is 0 Å². The van der Waals surface area contributed by atoms with Crippen molar-refractivity contribution in [2.24, 2.45) is 0 Å². The quantitative estimate of drug-likeness (QED) is 0.866. The molecule has 1 aliphatic heterocycles. The molecule has 1 aliphatic rings. The van der Waals surface area contributed by atoms with Crippen LogP contribution in [-0.4, -0.2) is 24.0 Å². The van der Waals surface area contributed by atoms with Crippen LogP contribution in [0.15, 0.2) is 16.6 Å². The summed E-state index contributed by atoms with van der Waals surface area (Å²) in [6.07, 6.45) is 0. The summed E-state index contributed by atoms with van der Waals surface area (Å²) >= 11 is 3.22. The van der Waals surface area contributed by atoms with Crippen molar-refractivity contribution in [1.29, 1.82) is 0 Å². The molecule has 0 aromatic heterocycles. The summed E-state index contributed by atoms with van der Waals surface area (Å²) < 4.78 is 0.487. The Kier molecular flexibility index (Phi) is 2.54. The van der Waals surface area contributed by atoms with Gasteiger partial charge in [0.15, 0.2) is 0 Å². The molecule has 0 atom stereocenters. The molecule has 0 fully saturated rings. The number of anilines is 1. The SMILES string of the molecule is CN1C(=O)C(C)(C)c2cc(C(=O)O)c(Br)cc21. The molecule has 0 radical (unpaired) electrons. The first-order valence-corrected chi connectivity index (χ1v) is 5.91. The second-order valence-corrected chi connectivity index (χ2v) is 5.50. The van der Waals surface area contributed by atoms with Crippen LogP contribution in [0.3, 0.4) is 0 Å². The van der Waals surface area contributed by atoms with Gasteiger partial charge in [-0.25, -0.2) is 4.79 Å². The van der Waals surface area contributed by atoms with Crippen LogP contribution >= 0.6 is 15.9 Å². The number of carbonyl (C=O) groups excluding carboxylic acids is 1. The predicted molar refractivity (Wildman–Crippen MR) is 67.5 cm³/mol. The minimum atomic E-state index is -1.00. The van der Waals surface area contributed by atoms with Gasteiger partial charge >= 0.3 is 5.97 Å². The third-order valence-electron chi connectivity index (χ3n) is 3.19. The Morgan fingerprint density at radius 3 is 2.53 bits per heavy atom. The zero-order chi connectivity index (χ0) is 13.0. The third-order valence-corrected chi connectivity index (χ3v) is 3.85. The molecule has 4 nitrogen and oxygen atoms in total. The summed E-state index contributed by atoms with van der Waals surface area (Å²) in [5, 5.41) is 9.07. The highest BCUT2D eigenvalue weighted by atomic mass is 79.9. The summed E-state index contributed by atoms with van der Waals surface area (Å²) in [4.78, 5) is 24.7. The molecule has 0 saturated heterocycles. The van der Waals surface area contributed by atoms with Crippen molar-refractivity contribution in [2.45, 2.75) is 19.3 Å². The van der Waals surface area contributed by atoms with Gasteiger partial charge in [-0.3, -0.25) is 4.79 Å². The van der Waals surface area contributed by atoms with Gasteiger partial charge in [-0.05, 0) is 47.5 Å². The minimum absolute atomic E-state index is 0.0260. The highest BCUT2D eigenvalue weighted by molar-refractivity contribution is 9.10. The van der Waals surface area contributed by atoms with E-state index >= 15 is 0 Å². The number of benzene rings is 1. The van der Waals surface area contributed by atoms with E-state index in [-0.39, 0.29) is 11.5 Å². The average Bonchev–Trinajstić information content (AvgIpc) is 2.39. The molecule has 0 spiro atoms. The number of halogens is 1. The summed E-state index contributed by atoms with van der Waals surface area (Å²) in [6, 6.07) is 3.26. The number of hydrogen-bond donors (Lipinski definition) is 1. The van der Waals surface area contributed by atoms with Gasteiger partial charge in [-0.1, -0.05) is 0 Å². The first-order chi connectivity index (χ1) is 7.76. The predicted octanol–water partition coefficient (Wildman–Crippen LogP) is 2.40. The largest absolute Gasteiger partial charge is 0.478 e. The lowest BCUT2D eigenvalue weighted by Gasteiger charge is -2.16. The van der Waals surface area contributed by atoms with E-state index in [4.69, 9.17) is 5.11 Å². The highest BCUT2D eigenvalue weighted by Gasteiger charge is 2.42. The maximum Gasteiger partial charge on any atom is 0.336 e. The molecule has 17 heavy (non-hydrogen) atoms. The van der Waals surface area contributed by atoms with E-state index < -0.39 is 11.4 Å². The molecule has 0 bridgehead atoms. The van der Waals surface area contributed by atoms with Gasteiger partial charge in [0.2, 0.25) is 5.91 Å². The summed E-state index contributed by atoms with van der Waals surface area (Å²) in [6.45, 7) is 3.61. The fourth-order valence-corrected chi connectivity index (χ4v) is 2.65. The van der Waals surface area contributed by atoms with Crippen LogP contribution in [0.1, 0.15) is 29.8 Å². The average molecular weight is 298 g/mol. The van der Waals surface area contributed by atoms with E-state index in [0.717, 1.165) is 11.3 Å². The van der Waals surface area contributed by atoms with Crippen molar-refractivity contribution in [3.05, 3.63) is 27.7 Å². The topological polar surface area (TPSA) is 57.6 Å². The number of carboxylic acid groups (broad SMARTS) is 1. The van der Waals surface area contributed by atoms with Crippen molar-refractivity contribution >= 4 is 33.5 Å². The Hall–Kier alpha value is -1.36. The highest BCUT2D eigenvalue weighted by Crippen LogP contribution is 2.43. The number of carboxylic acids is 1. The second kappa shape index (κ2) is 3.57. The molecule has 0 unspecified atom stereocenters. The Balaban J connectivity index is 2.73. The van der Waals surface area contributed by atoms with Crippen molar-refractivity contribution < 1.29 is 14.7 Å². The maximum absolute atomic E-state index is 12.0. The van der Waals surface area contributed by atoms with Crippen LogP contribution in [0, 0.1) is 0 Å². The molecule has 1 aromatic rings. The number of rotatable bonds is 1. The lowest BCUT2D eigenvalue weighted by Crippen LogP contribution is -2.33. The van der Waals surface area contributed by atoms with E-state index in [1.165, 1.54) is 0 Å². The Bertz CT molecular complexity index is 537. The van der Waals surface area contributed by atoms with Crippen LogP contribution in [0.25, 0.3) is 0 Å². The van der Waals surface area contributed by atoms with Gasteiger partial charge in [0.05, 0.1) is 11.0 Å². The number of nitrogens with zero attached hydrogens (tertiary/aromatic N) is 1. The van der Waals surface area contributed by atoms with Crippen molar-refractivity contribution in [1.82, 2.24) is 0 Å². The van der Waals surface area contributed by atoms with Gasteiger partial charge < -0.3 is 10.0 Å². The zero-order valence-corrected chi connectivity index (χ0v) is 11.3. The normalized spacial score (nSPS) is 17.2. The number of aromatic carboxylic acids is 1. The molecule has 5 heteroatoms. The van der Waals surface area contributed by atoms with E-state index in [1.54, 1.807) is 37.9 Å². The zero-order valence-electron chi connectivity index (χ0n) is 9.74. The number of amides is 1. The van der Waals surface area contributed by atoms with Gasteiger partial charge in [0, 0.05) is 17.2 Å². The van der Waals surface area contributed by atoms with E-state index in [0.29, 0.717) is 4.47 Å². The van der Waals surface area contributed by atoms with Crippen molar-refractivity contribution in [2.75, 3.05) is 11.9 Å². The summed E-state index contributed by atoms with van der Waals surface area (Å²) in [7, 11) is 1.70. The molecule has 1 N–H and O–H groups in total. The fraction of sp³-hybridized carbons (Fsp3) is 0.333. The Morgan fingerprint density at radius 2 is 2.00 bits per heavy atom. The first-order valence-electron chi connectivity index (χ1n) is 5.12. The van der Waals surface area contributed by atoms with Crippen molar-refractivity contribution in [3.8, 4) is 0 Å². The standard InChI is InChI=1S/C12H12BrNO3/c1-12(2)7-4-6(10(15)16)8(13)5-9(7)14(3)11(12)17/h4-5H,1-3H3,(H,15,16). The molecule has 90 valence electrons. The lowest BCUT2D eigenvalue weighted by atomic mass is 9.85. The summed E-state index contributed by atoms with van der Waals surface area (Å²) in [5.41, 5.74) is 1.03. The van der Waals surface area contributed by atoms with E-state index in [9.17, 15) is 9.59 Å². The number of fused-ring (bicyclic) bond motifs is 1. The summed E-state index contributed by atoms with van der Waals surface area (Å²) in [5.74, 6) is -1.03. The lowest BCUT2D eigenvalue weighted by molar-refractivity contribution is -0.121. The smallest absolute Gasteiger partial charge is 0.336 e. The van der Waals surface area contributed by atoms with Crippen LogP contribution in [0.4, 0.5) is 5.69 Å². The van der Waals surface area contributed by atoms with E-state index in [2.05, 4.69) is 15.9 Å². The molecule has 0 aliphatic carbocycles. The molecule has 2 rings (SSSR count). The van der Waals surface area contributed by atoms with Crippen LogP contribution < -0.4 is 4.90 Å². The number of likely N-dealkylation sites (N-methyl/N-ethyl adjacent to an activating group) is 1. The minimum Gasteiger partial charge on any atom is -0.478 e. The van der Waals surface area contributed by atoms with Crippen molar-refractivity contribution in [3.63, 3.8) is 0 Å². The second-order valence-electron chi connectivity index (χ2n) is 4.64. The van der Waals surface area contributed by atoms with Crippen LogP contribution in [-0.2, 0) is 10.2 Å². The molecular formula is C12H12BrNO3. The third kappa shape index (κ3) is 1.57. The number of hydrogen-bond acceptors (Lipinski definition) is 2. The fourth-order valence-electron chi connectivity index (χ4n) is 2.15. The maximum atomic E-state index is 12.0.